The van der Waals surface area contributed by atoms with Crippen molar-refractivity contribution in [3.63, 3.8) is 0 Å². The summed E-state index contributed by atoms with van der Waals surface area (Å²) in [6, 6.07) is 17.1. The molecule has 0 saturated carbocycles. The molecule has 10 nitrogen and oxygen atoms in total. The summed E-state index contributed by atoms with van der Waals surface area (Å²) in [5.74, 6) is -0.178. The minimum Gasteiger partial charge on any atom is -0.488 e. The van der Waals surface area contributed by atoms with Crippen molar-refractivity contribution in [2.75, 3.05) is 0 Å². The average molecular weight is 570 g/mol. The van der Waals surface area contributed by atoms with Gasteiger partial charge in [-0.05, 0) is 41.6 Å². The molecule has 2 amide bonds. The Hall–Kier alpha value is -4.03. The maximum absolute atomic E-state index is 13.0. The molecule has 1 aliphatic heterocycles. The number of benzene rings is 3. The molecule has 3 aromatic carbocycles. The van der Waals surface area contributed by atoms with Gasteiger partial charge in [-0.1, -0.05) is 46.3 Å². The Bertz CT molecular complexity index is 1430. The van der Waals surface area contributed by atoms with Gasteiger partial charge in [0.25, 0.3) is 22.5 Å². The van der Waals surface area contributed by atoms with Crippen molar-refractivity contribution < 1.29 is 24.2 Å². The molecule has 0 aliphatic carbocycles. The van der Waals surface area contributed by atoms with E-state index >= 15 is 0 Å². The number of imide groups is 1. The molecule has 0 radical (unpaired) electrons. The van der Waals surface area contributed by atoms with Crippen LogP contribution in [0.2, 0.25) is 0 Å². The van der Waals surface area contributed by atoms with Crippen LogP contribution in [0.25, 0.3) is 6.08 Å². The third-order valence-electron chi connectivity index (χ3n) is 5.16. The maximum atomic E-state index is 13.0. The zero-order chi connectivity index (χ0) is 25.8. The van der Waals surface area contributed by atoms with E-state index in [0.717, 1.165) is 16.7 Å². The van der Waals surface area contributed by atoms with Crippen LogP contribution < -0.4 is 4.74 Å². The van der Waals surface area contributed by atoms with Gasteiger partial charge in [0.15, 0.2) is 0 Å². The average Bonchev–Trinajstić information content (AvgIpc) is 3.11. The van der Waals surface area contributed by atoms with Crippen LogP contribution >= 0.6 is 27.7 Å². The second-order valence-electron chi connectivity index (χ2n) is 7.55. The highest BCUT2D eigenvalue weighted by atomic mass is 79.9. The molecule has 36 heavy (non-hydrogen) atoms. The summed E-state index contributed by atoms with van der Waals surface area (Å²) in [6.45, 7) is -0.183. The van der Waals surface area contributed by atoms with Crippen LogP contribution in [0, 0.1) is 20.2 Å². The molecule has 1 saturated heterocycles. The van der Waals surface area contributed by atoms with Crippen LogP contribution in [0.4, 0.5) is 16.2 Å². The van der Waals surface area contributed by atoms with Gasteiger partial charge in [0.1, 0.15) is 12.4 Å². The monoisotopic (exact) mass is 569 g/mol. The molecule has 1 aliphatic rings. The van der Waals surface area contributed by atoms with Crippen LogP contribution in [0.15, 0.2) is 76.1 Å². The zero-order valence-corrected chi connectivity index (χ0v) is 20.7. The number of amides is 2. The van der Waals surface area contributed by atoms with Gasteiger partial charge in [-0.15, -0.1) is 0 Å². The van der Waals surface area contributed by atoms with Crippen LogP contribution in [-0.2, 0) is 17.9 Å². The van der Waals surface area contributed by atoms with E-state index in [0.29, 0.717) is 21.3 Å². The Morgan fingerprint density at radius 2 is 1.75 bits per heavy atom. The molecule has 0 atom stereocenters. The summed E-state index contributed by atoms with van der Waals surface area (Å²) >= 11 is 4.11. The molecule has 0 aromatic heterocycles. The number of hydrogen-bond acceptors (Lipinski definition) is 8. The van der Waals surface area contributed by atoms with E-state index in [-0.39, 0.29) is 35.0 Å². The molecular formula is C24H16BrN3O7S. The predicted octanol–water partition coefficient (Wildman–Crippen LogP) is 6.08. The van der Waals surface area contributed by atoms with Crippen molar-refractivity contribution in [3.8, 4) is 5.75 Å². The molecule has 4 rings (SSSR count). The fourth-order valence-electron chi connectivity index (χ4n) is 3.45. The van der Waals surface area contributed by atoms with Gasteiger partial charge in [-0.3, -0.25) is 34.7 Å². The van der Waals surface area contributed by atoms with Crippen LogP contribution in [-0.4, -0.2) is 25.9 Å². The molecule has 182 valence electrons. The van der Waals surface area contributed by atoms with Crippen LogP contribution in [0.3, 0.4) is 0 Å². The number of nitrogens with zero attached hydrogens (tertiary/aromatic N) is 3. The Morgan fingerprint density at radius 1 is 0.972 bits per heavy atom. The van der Waals surface area contributed by atoms with Crippen molar-refractivity contribution in [1.29, 1.82) is 0 Å². The summed E-state index contributed by atoms with van der Waals surface area (Å²) < 4.78 is 6.57. The van der Waals surface area contributed by atoms with Gasteiger partial charge in [0, 0.05) is 33.8 Å². The lowest BCUT2D eigenvalue weighted by Gasteiger charge is -2.13. The fraction of sp³-hybridized carbons (Fsp3) is 0.0833. The first-order chi connectivity index (χ1) is 17.2. The van der Waals surface area contributed by atoms with E-state index in [2.05, 4.69) is 15.9 Å². The topological polar surface area (TPSA) is 133 Å². The van der Waals surface area contributed by atoms with Gasteiger partial charge < -0.3 is 4.74 Å². The molecule has 1 fully saturated rings. The van der Waals surface area contributed by atoms with Crippen LogP contribution in [0.1, 0.15) is 16.7 Å². The highest BCUT2D eigenvalue weighted by Crippen LogP contribution is 2.36. The number of carbonyl (C=O) groups excluding carboxylic acids is 2. The molecule has 0 unspecified atom stereocenters. The van der Waals surface area contributed by atoms with Crippen molar-refractivity contribution in [2.24, 2.45) is 0 Å². The van der Waals surface area contributed by atoms with Crippen molar-refractivity contribution in [3.05, 3.63) is 113 Å². The molecule has 1 heterocycles. The van der Waals surface area contributed by atoms with Gasteiger partial charge in [-0.25, -0.2) is 0 Å². The number of hydrogen-bond donors (Lipinski definition) is 0. The van der Waals surface area contributed by atoms with Crippen LogP contribution in [0.5, 0.6) is 5.75 Å². The van der Waals surface area contributed by atoms with Crippen molar-refractivity contribution in [1.82, 2.24) is 4.90 Å². The van der Waals surface area contributed by atoms with E-state index in [1.54, 1.807) is 36.4 Å². The van der Waals surface area contributed by atoms with E-state index in [1.807, 2.05) is 0 Å². The third-order valence-corrected chi connectivity index (χ3v) is 6.57. The Balaban J connectivity index is 1.57. The summed E-state index contributed by atoms with van der Waals surface area (Å²) in [4.78, 5) is 48.0. The molecule has 12 heteroatoms. The first kappa shape index (κ1) is 25.1. The second kappa shape index (κ2) is 10.7. The molecular weight excluding hydrogens is 554 g/mol. The lowest BCUT2D eigenvalue weighted by Crippen LogP contribution is -2.27. The number of ether oxygens (including phenoxy) is 1. The van der Waals surface area contributed by atoms with E-state index in [9.17, 15) is 29.8 Å². The largest absolute Gasteiger partial charge is 0.488 e. The summed E-state index contributed by atoms with van der Waals surface area (Å²) in [5.41, 5.74) is 1.10. The Morgan fingerprint density at radius 3 is 2.50 bits per heavy atom. The lowest BCUT2D eigenvalue weighted by atomic mass is 10.1. The van der Waals surface area contributed by atoms with Crippen molar-refractivity contribution in [2.45, 2.75) is 13.2 Å². The molecule has 0 spiro atoms. The third kappa shape index (κ3) is 5.61. The lowest BCUT2D eigenvalue weighted by molar-refractivity contribution is -0.385. The SMILES string of the molecule is O=C1S/C(=C\c2cc(Br)ccc2OCc2cccc([N+](=O)[O-])c2)C(=O)N1Cc1ccccc1[N+](=O)[O-]. The normalized spacial score (nSPS) is 14.4. The minimum atomic E-state index is -0.576. The van der Waals surface area contributed by atoms with E-state index in [1.165, 1.54) is 36.4 Å². The first-order valence-corrected chi connectivity index (χ1v) is 12.0. The van der Waals surface area contributed by atoms with Gasteiger partial charge >= 0.3 is 0 Å². The number of carbonyl (C=O) groups is 2. The highest BCUT2D eigenvalue weighted by molar-refractivity contribution is 9.10. The summed E-state index contributed by atoms with van der Waals surface area (Å²) in [6.07, 6.45) is 1.51. The molecule has 0 bridgehead atoms. The Labute approximate surface area is 217 Å². The fourth-order valence-corrected chi connectivity index (χ4v) is 4.66. The summed E-state index contributed by atoms with van der Waals surface area (Å²) in [5, 5.41) is 21.8. The number of para-hydroxylation sites is 1. The number of nitro benzene ring substituents is 2. The minimum absolute atomic E-state index is 0.0449. The quantitative estimate of drug-likeness (QED) is 0.181. The maximum Gasteiger partial charge on any atom is 0.293 e. The highest BCUT2D eigenvalue weighted by Gasteiger charge is 2.36. The standard InChI is InChI=1S/C24H16BrN3O7S/c25-18-8-9-21(35-14-15-4-3-6-19(10-15)27(31)32)17(11-18)12-22-23(29)26(24(30)36-22)13-16-5-1-2-7-20(16)28(33)34/h1-12H,13-14H2/b22-12-. The number of halogens is 1. The number of thioether (sulfide) groups is 1. The predicted molar refractivity (Wildman–Crippen MR) is 136 cm³/mol. The van der Waals surface area contributed by atoms with Gasteiger partial charge in [-0.2, -0.15) is 0 Å². The molecule has 3 aromatic rings. The van der Waals surface area contributed by atoms with E-state index < -0.39 is 21.0 Å². The molecule has 0 N–H and O–H groups in total. The number of nitro groups is 2. The smallest absolute Gasteiger partial charge is 0.293 e. The first-order valence-electron chi connectivity index (χ1n) is 10.4. The van der Waals surface area contributed by atoms with Gasteiger partial charge in [0.05, 0.1) is 21.3 Å². The summed E-state index contributed by atoms with van der Waals surface area (Å²) in [7, 11) is 0. The van der Waals surface area contributed by atoms with Gasteiger partial charge in [0.2, 0.25) is 0 Å². The number of non-ortho nitro benzene ring substituents is 1. The van der Waals surface area contributed by atoms with E-state index in [4.69, 9.17) is 4.74 Å². The number of rotatable bonds is 8. The zero-order valence-electron chi connectivity index (χ0n) is 18.3. The Kier molecular flexibility index (Phi) is 7.46. The van der Waals surface area contributed by atoms with Crippen molar-refractivity contribution >= 4 is 56.3 Å². The second-order valence-corrected chi connectivity index (χ2v) is 9.46.